The Morgan fingerprint density at radius 1 is 1.42 bits per heavy atom. The molecular formula is C15H9ClN2O5S. The molecule has 0 atom stereocenters. The van der Waals surface area contributed by atoms with Gasteiger partial charge in [0.15, 0.2) is 5.69 Å². The van der Waals surface area contributed by atoms with Crippen LogP contribution in [0.15, 0.2) is 40.1 Å². The van der Waals surface area contributed by atoms with Gasteiger partial charge < -0.3 is 9.15 Å². The van der Waals surface area contributed by atoms with Crippen LogP contribution in [0.3, 0.4) is 0 Å². The first-order chi connectivity index (χ1) is 11.5. The minimum atomic E-state index is -0.755. The minimum Gasteiger partial charge on any atom is -0.440 e. The van der Waals surface area contributed by atoms with Gasteiger partial charge in [0, 0.05) is 12.1 Å². The number of hydrogen-bond donors (Lipinski definition) is 0. The molecule has 7 nitrogen and oxygen atoms in total. The van der Waals surface area contributed by atoms with E-state index in [1.807, 2.05) is 17.5 Å². The Hall–Kier alpha value is -2.71. The lowest BCUT2D eigenvalue weighted by atomic mass is 10.3. The Morgan fingerprint density at radius 2 is 2.21 bits per heavy atom. The largest absolute Gasteiger partial charge is 0.440 e. The van der Waals surface area contributed by atoms with Gasteiger partial charge in [-0.25, -0.2) is 9.78 Å². The number of esters is 1. The summed E-state index contributed by atoms with van der Waals surface area (Å²) in [4.78, 5) is 27.3. The number of nitrogens with zero attached hydrogens (tertiary/aromatic N) is 2. The number of thiophene rings is 1. The van der Waals surface area contributed by atoms with Crippen molar-refractivity contribution in [2.45, 2.75) is 6.92 Å². The van der Waals surface area contributed by atoms with Gasteiger partial charge in [-0.2, -0.15) is 0 Å². The van der Waals surface area contributed by atoms with Gasteiger partial charge in [-0.15, -0.1) is 11.3 Å². The highest BCUT2D eigenvalue weighted by Gasteiger charge is 2.22. The van der Waals surface area contributed by atoms with Crippen LogP contribution < -0.4 is 4.74 Å². The van der Waals surface area contributed by atoms with Crippen LogP contribution in [0, 0.1) is 17.0 Å². The molecule has 122 valence electrons. The molecule has 0 unspecified atom stereocenters. The fourth-order valence-electron chi connectivity index (χ4n) is 1.93. The first-order valence-electron chi connectivity index (χ1n) is 6.63. The van der Waals surface area contributed by atoms with Crippen molar-refractivity contribution >= 4 is 34.6 Å². The second-order valence-electron chi connectivity index (χ2n) is 4.66. The Bertz CT molecular complexity index is 920. The molecule has 0 aliphatic carbocycles. The molecule has 0 radical (unpaired) electrons. The fourth-order valence-corrected chi connectivity index (χ4v) is 2.79. The summed E-state index contributed by atoms with van der Waals surface area (Å²) in [5.41, 5.74) is -0.176. The highest BCUT2D eigenvalue weighted by Crippen LogP contribution is 2.30. The average Bonchev–Trinajstić information content (AvgIpc) is 3.18. The Balaban J connectivity index is 1.84. The highest BCUT2D eigenvalue weighted by atomic mass is 35.5. The number of rotatable bonds is 4. The lowest BCUT2D eigenvalue weighted by molar-refractivity contribution is -0.384. The van der Waals surface area contributed by atoms with Gasteiger partial charge >= 0.3 is 5.97 Å². The molecule has 2 heterocycles. The molecule has 9 heteroatoms. The Labute approximate surface area is 144 Å². The summed E-state index contributed by atoms with van der Waals surface area (Å²) in [6, 6.07) is 7.22. The lowest BCUT2D eigenvalue weighted by Gasteiger charge is -2.04. The van der Waals surface area contributed by atoms with Crippen LogP contribution in [0.2, 0.25) is 5.02 Å². The predicted octanol–water partition coefficient (Wildman–Crippen LogP) is 4.49. The quantitative estimate of drug-likeness (QED) is 0.293. The van der Waals surface area contributed by atoms with Crippen molar-refractivity contribution < 1.29 is 18.9 Å². The van der Waals surface area contributed by atoms with Crippen LogP contribution >= 0.6 is 22.9 Å². The number of halogens is 1. The smallest absolute Gasteiger partial charge is 0.366 e. The van der Waals surface area contributed by atoms with Crippen LogP contribution in [0.1, 0.15) is 16.2 Å². The van der Waals surface area contributed by atoms with Crippen LogP contribution in [-0.4, -0.2) is 15.9 Å². The molecule has 0 N–H and O–H groups in total. The number of benzene rings is 1. The third kappa shape index (κ3) is 3.15. The van der Waals surface area contributed by atoms with E-state index in [2.05, 4.69) is 4.98 Å². The van der Waals surface area contributed by atoms with E-state index in [1.165, 1.54) is 23.5 Å². The molecule has 0 aliphatic rings. The number of nitro benzene ring substituents is 1. The van der Waals surface area contributed by atoms with Crippen molar-refractivity contribution in [2.75, 3.05) is 0 Å². The molecule has 24 heavy (non-hydrogen) atoms. The number of carbonyl (C=O) groups is 1. The second-order valence-corrected chi connectivity index (χ2v) is 6.02. The molecular weight excluding hydrogens is 356 g/mol. The molecule has 0 saturated carbocycles. The maximum Gasteiger partial charge on any atom is 0.366 e. The Morgan fingerprint density at radius 3 is 2.83 bits per heavy atom. The minimum absolute atomic E-state index is 0.00680. The maximum absolute atomic E-state index is 12.3. The first kappa shape index (κ1) is 16.2. The predicted molar refractivity (Wildman–Crippen MR) is 87.6 cm³/mol. The van der Waals surface area contributed by atoms with Gasteiger partial charge in [0.2, 0.25) is 5.89 Å². The summed E-state index contributed by atoms with van der Waals surface area (Å²) in [5.74, 6) is -0.118. The summed E-state index contributed by atoms with van der Waals surface area (Å²) in [7, 11) is 0. The number of ether oxygens (including phenoxy) is 1. The van der Waals surface area contributed by atoms with Crippen molar-refractivity contribution in [3.8, 4) is 16.5 Å². The summed E-state index contributed by atoms with van der Waals surface area (Å²) >= 11 is 7.33. The van der Waals surface area contributed by atoms with Gasteiger partial charge in [-0.3, -0.25) is 10.1 Å². The van der Waals surface area contributed by atoms with E-state index in [1.54, 1.807) is 6.92 Å². The normalized spacial score (nSPS) is 10.6. The fraction of sp³-hybridized carbons (Fsp3) is 0.0667. The van der Waals surface area contributed by atoms with Crippen molar-refractivity contribution in [3.63, 3.8) is 0 Å². The van der Waals surface area contributed by atoms with E-state index >= 15 is 0 Å². The van der Waals surface area contributed by atoms with Crippen LogP contribution in [0.5, 0.6) is 5.75 Å². The molecule has 1 aromatic carbocycles. The third-order valence-electron chi connectivity index (χ3n) is 3.05. The zero-order valence-corrected chi connectivity index (χ0v) is 13.8. The maximum atomic E-state index is 12.3. The number of non-ortho nitro benzene ring substituents is 1. The average molecular weight is 365 g/mol. The molecule has 0 bridgehead atoms. The van der Waals surface area contributed by atoms with Gasteiger partial charge in [0.1, 0.15) is 11.5 Å². The Kier molecular flexibility index (Phi) is 4.32. The van der Waals surface area contributed by atoms with Gasteiger partial charge in [-0.1, -0.05) is 17.7 Å². The summed E-state index contributed by atoms with van der Waals surface area (Å²) in [6.07, 6.45) is 0. The second kappa shape index (κ2) is 6.42. The van der Waals surface area contributed by atoms with Crippen molar-refractivity contribution in [1.29, 1.82) is 0 Å². The van der Waals surface area contributed by atoms with Crippen LogP contribution in [-0.2, 0) is 0 Å². The number of nitro groups is 1. The van der Waals surface area contributed by atoms with E-state index in [-0.39, 0.29) is 22.2 Å². The molecule has 3 aromatic rings. The van der Waals surface area contributed by atoms with E-state index in [4.69, 9.17) is 20.8 Å². The van der Waals surface area contributed by atoms with E-state index in [0.717, 1.165) is 10.9 Å². The zero-order chi connectivity index (χ0) is 17.3. The molecule has 3 rings (SSSR count). The van der Waals surface area contributed by atoms with E-state index in [0.29, 0.717) is 11.7 Å². The number of aryl methyl sites for hydroxylation is 1. The molecule has 0 aliphatic heterocycles. The van der Waals surface area contributed by atoms with Crippen molar-refractivity contribution in [2.24, 2.45) is 0 Å². The van der Waals surface area contributed by atoms with Crippen molar-refractivity contribution in [3.05, 3.63) is 62.3 Å². The van der Waals surface area contributed by atoms with E-state index in [9.17, 15) is 14.9 Å². The number of aromatic nitrogens is 1. The van der Waals surface area contributed by atoms with Gasteiger partial charge in [0.25, 0.3) is 5.69 Å². The highest BCUT2D eigenvalue weighted by molar-refractivity contribution is 7.13. The molecule has 0 amide bonds. The monoisotopic (exact) mass is 364 g/mol. The molecule has 0 fully saturated rings. The van der Waals surface area contributed by atoms with Crippen LogP contribution in [0.4, 0.5) is 5.69 Å². The molecule has 2 aromatic heterocycles. The third-order valence-corrected chi connectivity index (χ3v) is 4.20. The summed E-state index contributed by atoms with van der Waals surface area (Å²) in [5, 5.41) is 12.5. The summed E-state index contributed by atoms with van der Waals surface area (Å²) in [6.45, 7) is 1.60. The topological polar surface area (TPSA) is 95.5 Å². The van der Waals surface area contributed by atoms with Gasteiger partial charge in [-0.05, 0) is 24.4 Å². The first-order valence-corrected chi connectivity index (χ1v) is 7.89. The molecule has 0 saturated heterocycles. The number of carbonyl (C=O) groups excluding carboxylic acids is 1. The van der Waals surface area contributed by atoms with Crippen LogP contribution in [0.25, 0.3) is 10.8 Å². The van der Waals surface area contributed by atoms with Crippen molar-refractivity contribution in [1.82, 2.24) is 4.98 Å². The summed E-state index contributed by atoms with van der Waals surface area (Å²) < 4.78 is 10.6. The van der Waals surface area contributed by atoms with E-state index < -0.39 is 10.9 Å². The standard InChI is InChI=1S/C15H9ClN2O5S/c1-8-13(17-14(22-8)12-3-2-6-24-12)15(19)23-11-5-4-9(18(20)21)7-10(11)16/h2-7H,1H3. The molecule has 0 spiro atoms. The zero-order valence-electron chi connectivity index (χ0n) is 12.2. The number of oxazole rings is 1. The SMILES string of the molecule is Cc1oc(-c2cccs2)nc1C(=O)Oc1ccc([N+](=O)[O-])cc1Cl. The lowest BCUT2D eigenvalue weighted by Crippen LogP contribution is -2.10. The number of hydrogen-bond acceptors (Lipinski definition) is 7. The van der Waals surface area contributed by atoms with Gasteiger partial charge in [0.05, 0.1) is 14.8 Å².